The second kappa shape index (κ2) is 11.2. The Hall–Kier alpha value is -6.14. The highest BCUT2D eigenvalue weighted by Gasteiger charge is 2.23. The molecule has 0 saturated heterocycles. The molecular weight excluding hydrogens is 659 g/mol. The van der Waals surface area contributed by atoms with Crippen molar-refractivity contribution in [3.63, 3.8) is 0 Å². The molecule has 0 radical (unpaired) electrons. The van der Waals surface area contributed by atoms with E-state index in [1.165, 1.54) is 52.2 Å². The summed E-state index contributed by atoms with van der Waals surface area (Å²) in [5, 5.41) is 7.19. The van der Waals surface area contributed by atoms with Crippen molar-refractivity contribution in [2.24, 2.45) is 0 Å². The smallest absolute Gasteiger partial charge is 0.236 e. The van der Waals surface area contributed by atoms with Crippen LogP contribution in [0.15, 0.2) is 164 Å². The Labute approximate surface area is 301 Å². The van der Waals surface area contributed by atoms with Crippen molar-refractivity contribution >= 4 is 85.0 Å². The molecule has 11 rings (SSSR count). The Morgan fingerprint density at radius 1 is 0.392 bits per heavy atom. The molecule has 0 bridgehead atoms. The normalized spacial score (nSPS) is 11.9. The molecule has 0 aliphatic rings. The lowest BCUT2D eigenvalue weighted by Gasteiger charge is -2.14. The largest absolute Gasteiger partial charge is 0.277 e. The van der Waals surface area contributed by atoms with Crippen LogP contribution in [0, 0.1) is 0 Å². The molecule has 0 fully saturated rings. The quantitative estimate of drug-likeness (QED) is 0.185. The molecule has 5 heteroatoms. The van der Waals surface area contributed by atoms with E-state index in [1.54, 1.807) is 11.3 Å². The van der Waals surface area contributed by atoms with Gasteiger partial charge in [-0.05, 0) is 64.7 Å². The zero-order valence-corrected chi connectivity index (χ0v) is 28.9. The zero-order valence-electron chi connectivity index (χ0n) is 27.2. The van der Waals surface area contributed by atoms with Crippen molar-refractivity contribution in [1.29, 1.82) is 0 Å². The first-order valence-electron chi connectivity index (χ1n) is 17.1. The minimum absolute atomic E-state index is 0.685. The van der Waals surface area contributed by atoms with E-state index in [0.29, 0.717) is 5.95 Å². The number of fused-ring (bicyclic) bond motifs is 10. The van der Waals surface area contributed by atoms with Gasteiger partial charge in [-0.1, -0.05) is 121 Å². The molecule has 0 unspecified atom stereocenters. The minimum atomic E-state index is 0.685. The Kier molecular flexibility index (Phi) is 6.29. The molecule has 0 aliphatic heterocycles. The molecule has 0 amide bonds. The predicted octanol–water partition coefficient (Wildman–Crippen LogP) is 13.3. The summed E-state index contributed by atoms with van der Waals surface area (Å²) in [6, 6.07) is 58.8. The maximum Gasteiger partial charge on any atom is 0.236 e. The Balaban J connectivity index is 1.29. The number of aromatic nitrogens is 3. The van der Waals surface area contributed by atoms with E-state index >= 15 is 0 Å². The first-order valence-corrected chi connectivity index (χ1v) is 18.7. The van der Waals surface area contributed by atoms with Gasteiger partial charge in [0.15, 0.2) is 0 Å². The second-order valence-electron chi connectivity index (χ2n) is 13.0. The van der Waals surface area contributed by atoms with Gasteiger partial charge in [0, 0.05) is 52.0 Å². The fourth-order valence-electron chi connectivity index (χ4n) is 7.75. The molecule has 0 spiro atoms. The fourth-order valence-corrected chi connectivity index (χ4v) is 9.93. The number of thiophene rings is 2. The van der Waals surface area contributed by atoms with E-state index in [1.807, 2.05) is 11.3 Å². The molecular formula is C46H27N3S2. The minimum Gasteiger partial charge on any atom is -0.277 e. The molecule has 0 saturated carbocycles. The van der Waals surface area contributed by atoms with Crippen molar-refractivity contribution < 1.29 is 0 Å². The summed E-state index contributed by atoms with van der Waals surface area (Å²) in [5.41, 5.74) is 8.92. The lowest BCUT2D eigenvalue weighted by Crippen LogP contribution is -2.03. The van der Waals surface area contributed by atoms with Crippen LogP contribution < -0.4 is 0 Å². The molecule has 3 nitrogen and oxygen atoms in total. The molecule has 7 aromatic carbocycles. The third kappa shape index (κ3) is 4.42. The molecule has 238 valence electrons. The van der Waals surface area contributed by atoms with Crippen molar-refractivity contribution in [3.8, 4) is 39.5 Å². The number of hydrogen-bond acceptors (Lipinski definition) is 4. The van der Waals surface area contributed by atoms with E-state index in [-0.39, 0.29) is 0 Å². The van der Waals surface area contributed by atoms with Gasteiger partial charge in [0.2, 0.25) is 5.95 Å². The van der Waals surface area contributed by atoms with Gasteiger partial charge in [0.1, 0.15) is 4.83 Å². The number of benzene rings is 7. The summed E-state index contributed by atoms with van der Waals surface area (Å²) in [7, 11) is 0. The summed E-state index contributed by atoms with van der Waals surface area (Å²) < 4.78 is 6.07. The summed E-state index contributed by atoms with van der Waals surface area (Å²) in [5.74, 6) is 0.685. The lowest BCUT2D eigenvalue weighted by molar-refractivity contribution is 1.02. The van der Waals surface area contributed by atoms with Crippen LogP contribution in [0.25, 0.3) is 102 Å². The van der Waals surface area contributed by atoms with Gasteiger partial charge in [-0.15, -0.1) is 22.7 Å². The highest BCUT2D eigenvalue weighted by Crippen LogP contribution is 2.45. The Bertz CT molecular complexity index is 3080. The number of para-hydroxylation sites is 1. The van der Waals surface area contributed by atoms with Crippen LogP contribution in [0.2, 0.25) is 0 Å². The van der Waals surface area contributed by atoms with Crippen LogP contribution in [0.1, 0.15) is 0 Å². The van der Waals surface area contributed by atoms with Gasteiger partial charge in [-0.3, -0.25) is 4.57 Å². The molecule has 0 atom stereocenters. The summed E-state index contributed by atoms with van der Waals surface area (Å²) in [6.45, 7) is 0. The van der Waals surface area contributed by atoms with Crippen LogP contribution in [-0.4, -0.2) is 14.5 Å². The lowest BCUT2D eigenvalue weighted by atomic mass is 9.94. The van der Waals surface area contributed by atoms with Crippen LogP contribution in [0.4, 0.5) is 0 Å². The predicted molar refractivity (Wildman–Crippen MR) is 218 cm³/mol. The first kappa shape index (κ1) is 28.7. The summed E-state index contributed by atoms with van der Waals surface area (Å²) in [4.78, 5) is 12.1. The maximum absolute atomic E-state index is 5.64. The van der Waals surface area contributed by atoms with E-state index in [9.17, 15) is 0 Å². The third-order valence-corrected chi connectivity index (χ3v) is 12.2. The highest BCUT2D eigenvalue weighted by atomic mass is 32.1. The first-order chi connectivity index (χ1) is 25.3. The van der Waals surface area contributed by atoms with Crippen LogP contribution in [-0.2, 0) is 0 Å². The van der Waals surface area contributed by atoms with E-state index in [2.05, 4.69) is 168 Å². The average molecular weight is 686 g/mol. The third-order valence-electron chi connectivity index (χ3n) is 10.0. The molecule has 4 aromatic heterocycles. The standard InChI is InChI=1S/C46H27N3S2/c1-3-13-28(14-4-1)30-25-31(29-15-5-2-6-16-29)27-32(26-30)43-42-36-19-9-12-22-39(36)51-45(42)48-46(47-43)49-37-20-10-7-17-33(37)34-23-24-40-41(44(34)49)35-18-8-11-21-38(35)50-40/h1-27H. The van der Waals surface area contributed by atoms with Gasteiger partial charge in [-0.2, -0.15) is 0 Å². The number of hydrogen-bond donors (Lipinski definition) is 0. The summed E-state index contributed by atoms with van der Waals surface area (Å²) >= 11 is 3.58. The highest BCUT2D eigenvalue weighted by molar-refractivity contribution is 7.26. The van der Waals surface area contributed by atoms with E-state index < -0.39 is 0 Å². The Morgan fingerprint density at radius 2 is 0.961 bits per heavy atom. The zero-order chi connectivity index (χ0) is 33.5. The number of rotatable bonds is 4. The number of nitrogens with zero attached hydrogens (tertiary/aromatic N) is 3. The van der Waals surface area contributed by atoms with Gasteiger partial charge in [0.25, 0.3) is 0 Å². The molecule has 51 heavy (non-hydrogen) atoms. The van der Waals surface area contributed by atoms with Gasteiger partial charge >= 0.3 is 0 Å². The topological polar surface area (TPSA) is 30.7 Å². The van der Waals surface area contributed by atoms with E-state index in [0.717, 1.165) is 43.6 Å². The van der Waals surface area contributed by atoms with Crippen LogP contribution >= 0.6 is 22.7 Å². The van der Waals surface area contributed by atoms with Crippen molar-refractivity contribution in [1.82, 2.24) is 14.5 Å². The molecule has 0 aliphatic carbocycles. The van der Waals surface area contributed by atoms with E-state index in [4.69, 9.17) is 9.97 Å². The van der Waals surface area contributed by atoms with Crippen molar-refractivity contribution in [3.05, 3.63) is 164 Å². The van der Waals surface area contributed by atoms with Gasteiger partial charge < -0.3 is 0 Å². The maximum atomic E-state index is 5.64. The molecule has 0 N–H and O–H groups in total. The second-order valence-corrected chi connectivity index (χ2v) is 15.1. The Morgan fingerprint density at radius 3 is 1.67 bits per heavy atom. The SMILES string of the molecule is c1ccc(-c2cc(-c3ccccc3)cc(-c3nc(-n4c5ccccc5c5ccc6sc7ccccc7c6c54)nc4sc5ccccc5c34)c2)cc1. The van der Waals surface area contributed by atoms with Gasteiger partial charge in [0.05, 0.1) is 16.7 Å². The van der Waals surface area contributed by atoms with Gasteiger partial charge in [-0.25, -0.2) is 9.97 Å². The van der Waals surface area contributed by atoms with Crippen LogP contribution in [0.5, 0.6) is 0 Å². The summed E-state index contributed by atoms with van der Waals surface area (Å²) in [6.07, 6.45) is 0. The monoisotopic (exact) mass is 685 g/mol. The molecule has 4 heterocycles. The fraction of sp³-hybridized carbons (Fsp3) is 0. The van der Waals surface area contributed by atoms with Crippen LogP contribution in [0.3, 0.4) is 0 Å². The average Bonchev–Trinajstić information content (AvgIpc) is 3.87. The molecule has 11 aromatic rings. The van der Waals surface area contributed by atoms with Crippen molar-refractivity contribution in [2.75, 3.05) is 0 Å². The van der Waals surface area contributed by atoms with Crippen molar-refractivity contribution in [2.45, 2.75) is 0 Å².